The van der Waals surface area contributed by atoms with Gasteiger partial charge in [0.05, 0.1) is 13.7 Å². The fourth-order valence-corrected chi connectivity index (χ4v) is 1.76. The van der Waals surface area contributed by atoms with Crippen LogP contribution in [0.15, 0.2) is 12.1 Å². The van der Waals surface area contributed by atoms with Crippen LogP contribution in [0.2, 0.25) is 0 Å². The summed E-state index contributed by atoms with van der Waals surface area (Å²) in [6, 6.07) is 3.05. The van der Waals surface area contributed by atoms with Crippen molar-refractivity contribution < 1.29 is 14.3 Å². The number of carbonyl (C=O) groups excluding carboxylic acids is 1. The second-order valence-electron chi connectivity index (χ2n) is 4.14. The zero-order valence-corrected chi connectivity index (χ0v) is 11.2. The first kappa shape index (κ1) is 14.5. The zero-order valence-electron chi connectivity index (χ0n) is 11.2. The molecule has 0 aliphatic heterocycles. The van der Waals surface area contributed by atoms with Gasteiger partial charge >= 0.3 is 0 Å². The van der Waals surface area contributed by atoms with Crippen LogP contribution in [0.3, 0.4) is 0 Å². The second-order valence-corrected chi connectivity index (χ2v) is 4.14. The first-order valence-corrected chi connectivity index (χ1v) is 5.70. The minimum Gasteiger partial charge on any atom is -0.496 e. The van der Waals surface area contributed by atoms with Gasteiger partial charge in [-0.25, -0.2) is 0 Å². The topological polar surface area (TPSA) is 73.6 Å². The minimum atomic E-state index is -0.679. The van der Waals surface area contributed by atoms with Crippen molar-refractivity contribution >= 4 is 11.6 Å². The number of methoxy groups -OCH3 is 2. The number of benzene rings is 1. The summed E-state index contributed by atoms with van der Waals surface area (Å²) in [6.07, 6.45) is 0. The Morgan fingerprint density at radius 2 is 2.06 bits per heavy atom. The highest BCUT2D eigenvalue weighted by molar-refractivity contribution is 5.95. The Balaban J connectivity index is 2.89. The van der Waals surface area contributed by atoms with Gasteiger partial charge in [-0.2, -0.15) is 0 Å². The van der Waals surface area contributed by atoms with E-state index >= 15 is 0 Å². The third-order valence-corrected chi connectivity index (χ3v) is 2.75. The van der Waals surface area contributed by atoms with E-state index in [1.54, 1.807) is 7.11 Å². The molecule has 18 heavy (non-hydrogen) atoms. The normalized spacial score (nSPS) is 12.1. The summed E-state index contributed by atoms with van der Waals surface area (Å²) in [5.74, 6) is 0.499. The average molecular weight is 252 g/mol. The molecule has 0 fully saturated rings. The first-order chi connectivity index (χ1) is 8.51. The monoisotopic (exact) mass is 252 g/mol. The molecular weight excluding hydrogens is 232 g/mol. The number of nitrogens with two attached hydrogens (primary N) is 1. The van der Waals surface area contributed by atoms with Gasteiger partial charge in [0, 0.05) is 18.4 Å². The standard InChI is InChI=1S/C13H20N2O3/c1-8-5-6-11(9(2)12(8)18-4)15-13(16)10(14)7-17-3/h5-6,10H,7,14H2,1-4H3,(H,15,16). The van der Waals surface area contributed by atoms with E-state index in [9.17, 15) is 4.79 Å². The molecule has 1 rings (SSSR count). The number of anilines is 1. The van der Waals surface area contributed by atoms with Crippen LogP contribution in [-0.2, 0) is 9.53 Å². The predicted octanol–water partition coefficient (Wildman–Crippen LogP) is 1.22. The van der Waals surface area contributed by atoms with Crippen molar-refractivity contribution in [3.63, 3.8) is 0 Å². The van der Waals surface area contributed by atoms with E-state index in [0.717, 1.165) is 16.9 Å². The molecule has 3 N–H and O–H groups in total. The van der Waals surface area contributed by atoms with Crippen LogP contribution in [-0.4, -0.2) is 32.8 Å². The highest BCUT2D eigenvalue weighted by Gasteiger charge is 2.15. The number of aryl methyl sites for hydroxylation is 1. The highest BCUT2D eigenvalue weighted by Crippen LogP contribution is 2.29. The van der Waals surface area contributed by atoms with Gasteiger partial charge in [0.2, 0.25) is 5.91 Å². The van der Waals surface area contributed by atoms with Crippen molar-refractivity contribution in [3.8, 4) is 5.75 Å². The maximum absolute atomic E-state index is 11.8. The largest absolute Gasteiger partial charge is 0.496 e. The molecule has 0 bridgehead atoms. The van der Waals surface area contributed by atoms with Gasteiger partial charge in [0.1, 0.15) is 11.8 Å². The van der Waals surface area contributed by atoms with Crippen LogP contribution < -0.4 is 15.8 Å². The number of ether oxygens (including phenoxy) is 2. The van der Waals surface area contributed by atoms with Gasteiger partial charge in [-0.15, -0.1) is 0 Å². The molecule has 0 aliphatic carbocycles. The Kier molecular flexibility index (Phi) is 5.12. The van der Waals surface area contributed by atoms with Crippen molar-refractivity contribution in [2.24, 2.45) is 5.73 Å². The van der Waals surface area contributed by atoms with E-state index < -0.39 is 6.04 Å². The van der Waals surface area contributed by atoms with Crippen LogP contribution in [0, 0.1) is 13.8 Å². The predicted molar refractivity (Wildman–Crippen MR) is 70.9 cm³/mol. The Morgan fingerprint density at radius 1 is 1.39 bits per heavy atom. The summed E-state index contributed by atoms with van der Waals surface area (Å²) in [4.78, 5) is 11.8. The van der Waals surface area contributed by atoms with Crippen LogP contribution in [0.1, 0.15) is 11.1 Å². The zero-order chi connectivity index (χ0) is 13.7. The summed E-state index contributed by atoms with van der Waals surface area (Å²) >= 11 is 0. The molecule has 0 spiro atoms. The lowest BCUT2D eigenvalue weighted by atomic mass is 10.1. The van der Waals surface area contributed by atoms with E-state index in [2.05, 4.69) is 5.32 Å². The molecule has 100 valence electrons. The van der Waals surface area contributed by atoms with Crippen molar-refractivity contribution in [1.29, 1.82) is 0 Å². The quantitative estimate of drug-likeness (QED) is 0.826. The van der Waals surface area contributed by atoms with Gasteiger partial charge in [-0.3, -0.25) is 4.79 Å². The second kappa shape index (κ2) is 6.37. The molecule has 0 radical (unpaired) electrons. The Morgan fingerprint density at radius 3 is 2.61 bits per heavy atom. The number of hydrogen-bond acceptors (Lipinski definition) is 4. The van der Waals surface area contributed by atoms with Crippen molar-refractivity contribution in [2.75, 3.05) is 26.1 Å². The van der Waals surface area contributed by atoms with E-state index in [0.29, 0.717) is 5.69 Å². The molecule has 0 aliphatic rings. The number of carbonyl (C=O) groups is 1. The summed E-state index contributed by atoms with van der Waals surface area (Å²) in [5, 5.41) is 2.77. The number of nitrogens with one attached hydrogen (secondary N) is 1. The third kappa shape index (κ3) is 3.21. The van der Waals surface area contributed by atoms with Crippen molar-refractivity contribution in [2.45, 2.75) is 19.9 Å². The Hall–Kier alpha value is -1.59. The molecule has 1 unspecified atom stereocenters. The lowest BCUT2D eigenvalue weighted by molar-refractivity contribution is -0.118. The van der Waals surface area contributed by atoms with Gasteiger partial charge in [-0.05, 0) is 25.5 Å². The lowest BCUT2D eigenvalue weighted by Crippen LogP contribution is -2.39. The first-order valence-electron chi connectivity index (χ1n) is 5.70. The minimum absolute atomic E-state index is 0.188. The number of rotatable bonds is 5. The third-order valence-electron chi connectivity index (χ3n) is 2.75. The van der Waals surface area contributed by atoms with E-state index in [-0.39, 0.29) is 12.5 Å². The molecule has 5 heteroatoms. The Labute approximate surface area is 107 Å². The van der Waals surface area contributed by atoms with Gasteiger partial charge in [-0.1, -0.05) is 6.07 Å². The summed E-state index contributed by atoms with van der Waals surface area (Å²) in [5.41, 5.74) is 8.27. The van der Waals surface area contributed by atoms with Crippen LogP contribution in [0.5, 0.6) is 5.75 Å². The van der Waals surface area contributed by atoms with Gasteiger partial charge < -0.3 is 20.5 Å². The van der Waals surface area contributed by atoms with Crippen LogP contribution >= 0.6 is 0 Å². The molecule has 0 aromatic heterocycles. The fourth-order valence-electron chi connectivity index (χ4n) is 1.76. The van der Waals surface area contributed by atoms with Crippen LogP contribution in [0.4, 0.5) is 5.69 Å². The number of hydrogen-bond donors (Lipinski definition) is 2. The number of amides is 1. The molecule has 1 aromatic carbocycles. The summed E-state index contributed by atoms with van der Waals surface area (Å²) in [7, 11) is 3.12. The van der Waals surface area contributed by atoms with Gasteiger partial charge in [0.25, 0.3) is 0 Å². The molecule has 0 saturated heterocycles. The lowest BCUT2D eigenvalue weighted by Gasteiger charge is -2.16. The van der Waals surface area contributed by atoms with E-state index in [1.807, 2.05) is 26.0 Å². The van der Waals surface area contributed by atoms with E-state index in [4.69, 9.17) is 15.2 Å². The summed E-state index contributed by atoms with van der Waals surface area (Å²) < 4.78 is 10.1. The molecule has 1 aromatic rings. The molecule has 1 amide bonds. The Bertz CT molecular complexity index is 432. The fraction of sp³-hybridized carbons (Fsp3) is 0.462. The molecule has 5 nitrogen and oxygen atoms in total. The molecule has 0 heterocycles. The molecular formula is C13H20N2O3. The van der Waals surface area contributed by atoms with Crippen molar-refractivity contribution in [1.82, 2.24) is 0 Å². The smallest absolute Gasteiger partial charge is 0.243 e. The SMILES string of the molecule is COCC(N)C(=O)Nc1ccc(C)c(OC)c1C. The van der Waals surface area contributed by atoms with E-state index in [1.165, 1.54) is 7.11 Å². The molecule has 0 saturated carbocycles. The molecule has 1 atom stereocenters. The van der Waals surface area contributed by atoms with Crippen molar-refractivity contribution in [3.05, 3.63) is 23.3 Å². The average Bonchev–Trinajstić information content (AvgIpc) is 2.33. The van der Waals surface area contributed by atoms with Gasteiger partial charge in [0.15, 0.2) is 0 Å². The maximum atomic E-state index is 11.8. The highest BCUT2D eigenvalue weighted by atomic mass is 16.5. The maximum Gasteiger partial charge on any atom is 0.243 e. The summed E-state index contributed by atoms with van der Waals surface area (Å²) in [6.45, 7) is 4.03. The van der Waals surface area contributed by atoms with Crippen LogP contribution in [0.25, 0.3) is 0 Å².